The van der Waals surface area contributed by atoms with Crippen LogP contribution in [0.2, 0.25) is 0 Å². The molecule has 0 aliphatic carbocycles. The zero-order chi connectivity index (χ0) is 24.6. The lowest BCUT2D eigenvalue weighted by Crippen LogP contribution is -2.55. The molecule has 0 aromatic heterocycles. The van der Waals surface area contributed by atoms with Crippen LogP contribution in [0.1, 0.15) is 24.1 Å². The molecule has 4 rings (SSSR count). The molecule has 1 heterocycles. The molecule has 1 aliphatic heterocycles. The zero-order valence-electron chi connectivity index (χ0n) is 20.2. The van der Waals surface area contributed by atoms with Crippen LogP contribution in [0.4, 0.5) is 10.5 Å². The largest absolute Gasteiger partial charge is 0.497 e. The van der Waals surface area contributed by atoms with E-state index in [0.717, 1.165) is 13.1 Å². The molecule has 7 nitrogen and oxygen atoms in total. The van der Waals surface area contributed by atoms with Crippen molar-refractivity contribution < 1.29 is 14.3 Å². The second kappa shape index (κ2) is 11.5. The third-order valence-corrected chi connectivity index (χ3v) is 6.27. The summed E-state index contributed by atoms with van der Waals surface area (Å²) in [5.41, 5.74) is 3.08. The van der Waals surface area contributed by atoms with Crippen molar-refractivity contribution >= 4 is 17.6 Å². The topological polar surface area (TPSA) is 73.9 Å². The maximum atomic E-state index is 13.0. The molecule has 1 saturated heterocycles. The minimum Gasteiger partial charge on any atom is -0.497 e. The number of hydrogen-bond donors (Lipinski definition) is 2. The number of carbonyl (C=O) groups is 2. The summed E-state index contributed by atoms with van der Waals surface area (Å²) in [4.78, 5) is 29.7. The maximum Gasteiger partial charge on any atom is 0.319 e. The first kappa shape index (κ1) is 24.3. The number of nitrogens with one attached hydrogen (secondary N) is 2. The van der Waals surface area contributed by atoms with Gasteiger partial charge in [-0.1, -0.05) is 66.7 Å². The molecule has 1 atom stereocenters. The van der Waals surface area contributed by atoms with Gasteiger partial charge in [0.1, 0.15) is 11.8 Å². The van der Waals surface area contributed by atoms with Crippen LogP contribution < -0.4 is 15.4 Å². The molecular weight excluding hydrogens is 440 g/mol. The van der Waals surface area contributed by atoms with Crippen molar-refractivity contribution in [2.45, 2.75) is 19.0 Å². The first-order valence-electron chi connectivity index (χ1n) is 11.9. The molecule has 7 heteroatoms. The number of rotatable bonds is 7. The lowest BCUT2D eigenvalue weighted by Gasteiger charge is -2.40. The van der Waals surface area contributed by atoms with Crippen molar-refractivity contribution in [1.29, 1.82) is 0 Å². The summed E-state index contributed by atoms with van der Waals surface area (Å²) in [5, 5.41) is 5.51. The van der Waals surface area contributed by atoms with Gasteiger partial charge in [-0.2, -0.15) is 0 Å². The Kier molecular flexibility index (Phi) is 8.00. The monoisotopic (exact) mass is 472 g/mol. The van der Waals surface area contributed by atoms with Crippen LogP contribution in [0.15, 0.2) is 84.9 Å². The van der Waals surface area contributed by atoms with Crippen molar-refractivity contribution in [3.63, 3.8) is 0 Å². The van der Waals surface area contributed by atoms with Gasteiger partial charge in [-0.15, -0.1) is 0 Å². The summed E-state index contributed by atoms with van der Waals surface area (Å²) in [7, 11) is 1.57. The van der Waals surface area contributed by atoms with Crippen LogP contribution >= 0.6 is 0 Å². The number of carbonyl (C=O) groups excluding carboxylic acids is 2. The van der Waals surface area contributed by atoms with Gasteiger partial charge in [-0.25, -0.2) is 4.79 Å². The lowest BCUT2D eigenvalue weighted by molar-refractivity contribution is -0.134. The normalized spacial score (nSPS) is 14.9. The third kappa shape index (κ3) is 6.19. The highest BCUT2D eigenvalue weighted by Gasteiger charge is 2.30. The summed E-state index contributed by atoms with van der Waals surface area (Å²) in [6.45, 7) is 4.44. The highest BCUT2D eigenvalue weighted by atomic mass is 16.5. The average molecular weight is 473 g/mol. The Balaban J connectivity index is 1.34. The van der Waals surface area contributed by atoms with Crippen molar-refractivity contribution in [1.82, 2.24) is 15.1 Å². The van der Waals surface area contributed by atoms with Crippen LogP contribution in [0.3, 0.4) is 0 Å². The summed E-state index contributed by atoms with van der Waals surface area (Å²) >= 11 is 0. The van der Waals surface area contributed by atoms with Gasteiger partial charge < -0.3 is 20.3 Å². The standard InChI is InChI=1S/C28H32N4O3/c1-21(29-28(34)30-24-14-9-15-25(20-24)35-2)27(33)32-18-16-31(17-19-32)26(22-10-5-3-6-11-22)23-12-7-4-8-13-23/h3-15,20-21,26H,16-19H2,1-2H3,(H2,29,30,34). The van der Waals surface area contributed by atoms with E-state index in [-0.39, 0.29) is 11.9 Å². The predicted octanol–water partition coefficient (Wildman–Crippen LogP) is 4.14. The molecule has 2 N–H and O–H groups in total. The van der Waals surface area contributed by atoms with Crippen LogP contribution in [0, 0.1) is 0 Å². The number of methoxy groups -OCH3 is 1. The molecule has 1 fully saturated rings. The number of anilines is 1. The number of ether oxygens (including phenoxy) is 1. The minimum atomic E-state index is -0.633. The first-order chi connectivity index (χ1) is 17.0. The molecule has 0 radical (unpaired) electrons. The SMILES string of the molecule is COc1cccc(NC(=O)NC(C)C(=O)N2CCN(C(c3ccccc3)c3ccccc3)CC2)c1. The number of benzene rings is 3. The van der Waals surface area contributed by atoms with E-state index in [4.69, 9.17) is 4.74 Å². The first-order valence-corrected chi connectivity index (χ1v) is 11.9. The van der Waals surface area contributed by atoms with E-state index in [1.807, 2.05) is 17.0 Å². The van der Waals surface area contributed by atoms with Crippen LogP contribution in [-0.4, -0.2) is 61.1 Å². The van der Waals surface area contributed by atoms with Crippen molar-refractivity contribution in [3.8, 4) is 5.75 Å². The fourth-order valence-electron chi connectivity index (χ4n) is 4.49. The molecule has 0 spiro atoms. The van der Waals surface area contributed by atoms with Crippen LogP contribution in [0.25, 0.3) is 0 Å². The average Bonchev–Trinajstić information content (AvgIpc) is 2.90. The summed E-state index contributed by atoms with van der Waals surface area (Å²) in [6, 6.07) is 27.1. The molecule has 1 unspecified atom stereocenters. The Morgan fingerprint density at radius 3 is 2.00 bits per heavy atom. The Labute approximate surface area is 206 Å². The number of hydrogen-bond acceptors (Lipinski definition) is 4. The number of piperazine rings is 1. The van der Waals surface area contributed by atoms with Crippen LogP contribution in [0.5, 0.6) is 5.75 Å². The second-order valence-electron chi connectivity index (χ2n) is 8.64. The Morgan fingerprint density at radius 2 is 1.43 bits per heavy atom. The smallest absolute Gasteiger partial charge is 0.319 e. The molecule has 35 heavy (non-hydrogen) atoms. The van der Waals surface area contributed by atoms with E-state index < -0.39 is 12.1 Å². The van der Waals surface area contributed by atoms with Gasteiger partial charge in [0, 0.05) is 37.9 Å². The van der Waals surface area contributed by atoms with Gasteiger partial charge in [-0.3, -0.25) is 9.69 Å². The van der Waals surface area contributed by atoms with E-state index in [2.05, 4.69) is 64.1 Å². The second-order valence-corrected chi connectivity index (χ2v) is 8.64. The predicted molar refractivity (Wildman–Crippen MR) is 137 cm³/mol. The van der Waals surface area contributed by atoms with Gasteiger partial charge in [-0.05, 0) is 30.2 Å². The van der Waals surface area contributed by atoms with Crippen molar-refractivity contribution in [2.24, 2.45) is 0 Å². The minimum absolute atomic E-state index is 0.0820. The van der Waals surface area contributed by atoms with Gasteiger partial charge in [0.05, 0.1) is 13.2 Å². The number of amides is 3. The Hall–Kier alpha value is -3.84. The van der Waals surface area contributed by atoms with Gasteiger partial charge in [0.25, 0.3) is 0 Å². The molecule has 1 aliphatic rings. The van der Waals surface area contributed by atoms with Crippen molar-refractivity contribution in [3.05, 3.63) is 96.1 Å². The van der Waals surface area contributed by atoms with Gasteiger partial charge in [0.2, 0.25) is 5.91 Å². The molecule has 0 bridgehead atoms. The number of nitrogens with zero attached hydrogens (tertiary/aromatic N) is 2. The molecule has 3 amide bonds. The Bertz CT molecular complexity index is 1080. The highest BCUT2D eigenvalue weighted by molar-refractivity contribution is 5.93. The summed E-state index contributed by atoms with van der Waals surface area (Å²) < 4.78 is 5.18. The van der Waals surface area contributed by atoms with Gasteiger partial charge >= 0.3 is 6.03 Å². The van der Waals surface area contributed by atoms with E-state index in [1.165, 1.54) is 11.1 Å². The fraction of sp³-hybridized carbons (Fsp3) is 0.286. The lowest BCUT2D eigenvalue weighted by atomic mass is 9.96. The van der Waals surface area contributed by atoms with E-state index in [0.29, 0.717) is 24.5 Å². The fourth-order valence-corrected chi connectivity index (χ4v) is 4.49. The molecule has 0 saturated carbocycles. The van der Waals surface area contributed by atoms with Crippen molar-refractivity contribution in [2.75, 3.05) is 38.6 Å². The summed E-state index contributed by atoms with van der Waals surface area (Å²) in [5.74, 6) is 0.565. The summed E-state index contributed by atoms with van der Waals surface area (Å²) in [6.07, 6.45) is 0. The molecule has 182 valence electrons. The molecule has 3 aromatic rings. The van der Waals surface area contributed by atoms with E-state index in [1.54, 1.807) is 38.3 Å². The quantitative estimate of drug-likeness (QED) is 0.542. The van der Waals surface area contributed by atoms with Gasteiger partial charge in [0.15, 0.2) is 0 Å². The van der Waals surface area contributed by atoms with E-state index in [9.17, 15) is 9.59 Å². The number of urea groups is 1. The molecular formula is C28H32N4O3. The third-order valence-electron chi connectivity index (χ3n) is 6.27. The highest BCUT2D eigenvalue weighted by Crippen LogP contribution is 2.29. The van der Waals surface area contributed by atoms with Crippen LogP contribution in [-0.2, 0) is 4.79 Å². The Morgan fingerprint density at radius 1 is 0.829 bits per heavy atom. The zero-order valence-corrected chi connectivity index (χ0v) is 20.2. The molecule has 3 aromatic carbocycles. The maximum absolute atomic E-state index is 13.0. The van der Waals surface area contributed by atoms with E-state index >= 15 is 0 Å².